The minimum atomic E-state index is -1.02. The lowest BCUT2D eigenvalue weighted by molar-refractivity contribution is -0.113. The van der Waals surface area contributed by atoms with Gasteiger partial charge in [-0.05, 0) is 36.4 Å². The summed E-state index contributed by atoms with van der Waals surface area (Å²) in [5.74, 6) is 0.467. The molecule has 168 valence electrons. The molecule has 0 fully saturated rings. The summed E-state index contributed by atoms with van der Waals surface area (Å²) >= 11 is 1.22. The van der Waals surface area contributed by atoms with Gasteiger partial charge in [-0.25, -0.2) is 4.79 Å². The molecule has 0 aliphatic heterocycles. The van der Waals surface area contributed by atoms with Gasteiger partial charge in [-0.1, -0.05) is 30.0 Å². The van der Waals surface area contributed by atoms with E-state index in [0.717, 1.165) is 5.39 Å². The number of anilines is 1. The molecule has 1 amide bonds. The van der Waals surface area contributed by atoms with Crippen LogP contribution in [0.25, 0.3) is 22.6 Å². The third kappa shape index (κ3) is 4.75. The summed E-state index contributed by atoms with van der Waals surface area (Å²) in [6.07, 6.45) is 1.71. The lowest BCUT2D eigenvalue weighted by atomic mass is 10.2. The monoisotopic (exact) mass is 464 g/mol. The number of fused-ring (bicyclic) bond motifs is 1. The zero-order valence-corrected chi connectivity index (χ0v) is 18.5. The van der Waals surface area contributed by atoms with Crippen molar-refractivity contribution in [1.82, 2.24) is 14.8 Å². The molecule has 2 aromatic carbocycles. The van der Waals surface area contributed by atoms with Gasteiger partial charge in [0.25, 0.3) is 0 Å². The molecule has 33 heavy (non-hydrogen) atoms. The van der Waals surface area contributed by atoms with Crippen LogP contribution >= 0.6 is 11.8 Å². The Kier molecular flexibility index (Phi) is 6.45. The van der Waals surface area contributed by atoms with E-state index in [1.165, 1.54) is 23.9 Å². The minimum Gasteiger partial charge on any atom is -0.493 e. The van der Waals surface area contributed by atoms with E-state index in [9.17, 15) is 9.59 Å². The second-order valence-corrected chi connectivity index (χ2v) is 7.86. The van der Waals surface area contributed by atoms with Gasteiger partial charge in [0.15, 0.2) is 22.2 Å². The van der Waals surface area contributed by atoms with Crippen molar-refractivity contribution in [3.05, 3.63) is 66.7 Å². The zero-order valence-electron chi connectivity index (χ0n) is 17.6. The summed E-state index contributed by atoms with van der Waals surface area (Å²) in [5, 5.41) is 21.6. The Morgan fingerprint density at radius 3 is 2.73 bits per heavy atom. The van der Waals surface area contributed by atoms with E-state index < -0.39 is 5.97 Å². The number of carbonyl (C=O) groups is 2. The Labute approximate surface area is 193 Å². The second-order valence-electron chi connectivity index (χ2n) is 6.91. The average molecular weight is 465 g/mol. The van der Waals surface area contributed by atoms with Crippen molar-refractivity contribution in [2.24, 2.45) is 0 Å². The van der Waals surface area contributed by atoms with Gasteiger partial charge in [0.05, 0.1) is 18.4 Å². The maximum atomic E-state index is 12.4. The fourth-order valence-corrected chi connectivity index (χ4v) is 3.95. The molecule has 0 saturated carbocycles. The molecule has 10 heteroatoms. The summed E-state index contributed by atoms with van der Waals surface area (Å²) in [4.78, 5) is 23.3. The number of aromatic nitrogens is 3. The van der Waals surface area contributed by atoms with Crippen LogP contribution in [-0.2, 0) is 11.3 Å². The summed E-state index contributed by atoms with van der Waals surface area (Å²) in [7, 11) is 1.58. The number of amides is 1. The van der Waals surface area contributed by atoms with Gasteiger partial charge in [0, 0.05) is 17.6 Å². The molecule has 9 nitrogen and oxygen atoms in total. The molecular weight excluding hydrogens is 444 g/mol. The fraction of sp³-hybridized carbons (Fsp3) is 0.130. The quantitative estimate of drug-likeness (QED) is 0.278. The topological polar surface area (TPSA) is 119 Å². The van der Waals surface area contributed by atoms with Crippen LogP contribution in [0.4, 0.5) is 5.69 Å². The Hall–Kier alpha value is -4.05. The Morgan fingerprint density at radius 1 is 1.24 bits per heavy atom. The number of ether oxygens (including phenoxy) is 1. The first-order valence-corrected chi connectivity index (χ1v) is 10.9. The Balaban J connectivity index is 1.50. The predicted octanol–water partition coefficient (Wildman–Crippen LogP) is 4.31. The number of para-hydroxylation sites is 1. The number of thioether (sulfide) groups is 1. The van der Waals surface area contributed by atoms with E-state index in [1.807, 2.05) is 28.8 Å². The molecule has 2 heterocycles. The van der Waals surface area contributed by atoms with Crippen molar-refractivity contribution in [2.45, 2.75) is 11.7 Å². The largest absolute Gasteiger partial charge is 0.493 e. The summed E-state index contributed by atoms with van der Waals surface area (Å²) in [6.45, 7) is 4.22. The summed E-state index contributed by atoms with van der Waals surface area (Å²) < 4.78 is 13.2. The number of aromatic carboxylic acids is 1. The number of hydrogen-bond acceptors (Lipinski definition) is 7. The third-order valence-electron chi connectivity index (χ3n) is 4.72. The lowest BCUT2D eigenvalue weighted by Gasteiger charge is -2.07. The Bertz CT molecular complexity index is 1330. The van der Waals surface area contributed by atoms with E-state index in [1.54, 1.807) is 25.3 Å². The first-order valence-electron chi connectivity index (χ1n) is 9.87. The first kappa shape index (κ1) is 22.2. The van der Waals surface area contributed by atoms with Crippen molar-refractivity contribution >= 4 is 40.3 Å². The van der Waals surface area contributed by atoms with Crippen LogP contribution in [0, 0.1) is 0 Å². The van der Waals surface area contributed by atoms with E-state index in [4.69, 9.17) is 14.3 Å². The van der Waals surface area contributed by atoms with Crippen LogP contribution < -0.4 is 10.1 Å². The molecular formula is C23H20N4O5S. The highest BCUT2D eigenvalue weighted by molar-refractivity contribution is 7.99. The van der Waals surface area contributed by atoms with Crippen molar-refractivity contribution in [1.29, 1.82) is 0 Å². The van der Waals surface area contributed by atoms with Crippen LogP contribution in [0.5, 0.6) is 5.75 Å². The number of nitrogens with one attached hydrogen (secondary N) is 1. The maximum absolute atomic E-state index is 12.4. The molecule has 0 bridgehead atoms. The van der Waals surface area contributed by atoms with Crippen LogP contribution in [0.15, 0.2) is 70.8 Å². The molecule has 0 spiro atoms. The molecule has 2 N–H and O–H groups in total. The van der Waals surface area contributed by atoms with E-state index in [2.05, 4.69) is 22.1 Å². The number of carbonyl (C=O) groups excluding carboxylic acids is 1. The number of nitrogens with zero attached hydrogens (tertiary/aromatic N) is 3. The standard InChI is InChI=1S/C23H20N4O5S/c1-3-11-27-21(18-12-15-5-4-6-17(31-2)20(15)32-18)25-26-23(27)33-13-19(28)24-16-9-7-14(8-10-16)22(29)30/h3-10,12H,1,11,13H2,2H3,(H,24,28)(H,29,30). The lowest BCUT2D eigenvalue weighted by Crippen LogP contribution is -2.14. The van der Waals surface area contributed by atoms with Crippen LogP contribution in [-0.4, -0.2) is 44.6 Å². The SMILES string of the molecule is C=CCn1c(SCC(=O)Nc2ccc(C(=O)O)cc2)nnc1-c1cc2cccc(OC)c2o1. The number of carboxylic acids is 1. The molecule has 2 aromatic heterocycles. The van der Waals surface area contributed by atoms with Gasteiger partial charge in [0.1, 0.15) is 0 Å². The van der Waals surface area contributed by atoms with E-state index in [-0.39, 0.29) is 17.2 Å². The van der Waals surface area contributed by atoms with Gasteiger partial charge >= 0.3 is 5.97 Å². The molecule has 4 aromatic rings. The van der Waals surface area contributed by atoms with Crippen molar-refractivity contribution in [3.63, 3.8) is 0 Å². The second kappa shape index (κ2) is 9.61. The van der Waals surface area contributed by atoms with Crippen molar-refractivity contribution in [2.75, 3.05) is 18.2 Å². The van der Waals surface area contributed by atoms with E-state index in [0.29, 0.717) is 40.3 Å². The number of hydrogen-bond donors (Lipinski definition) is 2. The highest BCUT2D eigenvalue weighted by atomic mass is 32.2. The maximum Gasteiger partial charge on any atom is 0.335 e. The molecule has 0 aliphatic carbocycles. The number of furan rings is 1. The zero-order chi connectivity index (χ0) is 23.4. The van der Waals surface area contributed by atoms with Gasteiger partial charge in [-0.2, -0.15) is 0 Å². The van der Waals surface area contributed by atoms with Crippen molar-refractivity contribution in [3.8, 4) is 17.3 Å². The normalized spacial score (nSPS) is 10.8. The average Bonchev–Trinajstić information content (AvgIpc) is 3.42. The summed E-state index contributed by atoms with van der Waals surface area (Å²) in [6, 6.07) is 13.4. The van der Waals surface area contributed by atoms with Gasteiger partial charge in [-0.15, -0.1) is 16.8 Å². The molecule has 4 rings (SSSR count). The molecule has 0 unspecified atom stereocenters. The third-order valence-corrected chi connectivity index (χ3v) is 5.69. The molecule has 0 radical (unpaired) electrons. The number of methoxy groups -OCH3 is 1. The van der Waals surface area contributed by atoms with Gasteiger partial charge in [-0.3, -0.25) is 9.36 Å². The number of allylic oxidation sites excluding steroid dienone is 1. The number of benzene rings is 2. The molecule has 0 atom stereocenters. The van der Waals surface area contributed by atoms with Crippen LogP contribution in [0.3, 0.4) is 0 Å². The summed E-state index contributed by atoms with van der Waals surface area (Å²) in [5.41, 5.74) is 1.27. The van der Waals surface area contributed by atoms with Gasteiger partial charge < -0.3 is 19.6 Å². The fourth-order valence-electron chi connectivity index (χ4n) is 3.20. The number of carboxylic acid groups (broad SMARTS) is 1. The smallest absolute Gasteiger partial charge is 0.335 e. The first-order chi connectivity index (χ1) is 16.0. The van der Waals surface area contributed by atoms with Crippen LogP contribution in [0.2, 0.25) is 0 Å². The predicted molar refractivity (Wildman–Crippen MR) is 125 cm³/mol. The van der Waals surface area contributed by atoms with E-state index >= 15 is 0 Å². The highest BCUT2D eigenvalue weighted by Gasteiger charge is 2.19. The van der Waals surface area contributed by atoms with Crippen molar-refractivity contribution < 1.29 is 23.8 Å². The molecule has 0 saturated heterocycles. The Morgan fingerprint density at radius 2 is 2.03 bits per heavy atom. The van der Waals surface area contributed by atoms with Crippen LogP contribution in [0.1, 0.15) is 10.4 Å². The van der Waals surface area contributed by atoms with Gasteiger partial charge in [0.2, 0.25) is 11.7 Å². The number of rotatable bonds is 9. The highest BCUT2D eigenvalue weighted by Crippen LogP contribution is 2.33. The minimum absolute atomic E-state index is 0.0872. The molecule has 0 aliphatic rings.